The molecule has 2 fully saturated rings. The minimum Gasteiger partial charge on any atom is -0.480 e. The number of carboxylic acid groups (broad SMARTS) is 1. The predicted molar refractivity (Wildman–Crippen MR) is 153 cm³/mol. The van der Waals surface area contributed by atoms with Crippen molar-refractivity contribution in [2.75, 3.05) is 0 Å². The molecule has 1 aromatic rings. The summed E-state index contributed by atoms with van der Waals surface area (Å²) in [5.74, 6) is -1.63. The first-order valence-electron chi connectivity index (χ1n) is 14.5. The van der Waals surface area contributed by atoms with Crippen LogP contribution in [0, 0.1) is 0 Å². The van der Waals surface area contributed by atoms with Crippen LogP contribution >= 0.6 is 0 Å². The molecule has 1 aromatic carbocycles. The van der Waals surface area contributed by atoms with Crippen LogP contribution in [0.1, 0.15) is 122 Å². The summed E-state index contributed by atoms with van der Waals surface area (Å²) in [5, 5.41) is 15.5. The maximum Gasteiger partial charge on any atom is 0.408 e. The van der Waals surface area contributed by atoms with Gasteiger partial charge in [0.25, 0.3) is 0 Å². The highest BCUT2D eigenvalue weighted by molar-refractivity contribution is 5.89. The lowest BCUT2D eigenvalue weighted by Crippen LogP contribution is -2.44. The zero-order valence-corrected chi connectivity index (χ0v) is 24.8. The Morgan fingerprint density at radius 3 is 1.67 bits per heavy atom. The van der Waals surface area contributed by atoms with Crippen molar-refractivity contribution in [2.45, 2.75) is 141 Å². The van der Waals surface area contributed by atoms with Crippen molar-refractivity contribution >= 4 is 18.0 Å². The Morgan fingerprint density at radius 1 is 0.795 bits per heavy atom. The molecule has 220 valence electrons. The van der Waals surface area contributed by atoms with Crippen LogP contribution in [0.25, 0.3) is 0 Å². The SMILES string of the molecule is C1CCC(NC2CCCCC2)CC1.CC(C)(C)OC(=O)NC(Cc1ccc(C(=O)OC(C)(C)C)cc1)C(=O)O. The summed E-state index contributed by atoms with van der Waals surface area (Å²) in [6.07, 6.45) is 13.8. The molecule has 1 atom stereocenters. The highest BCUT2D eigenvalue weighted by Gasteiger charge is 2.25. The molecular formula is C31H50N2O6. The number of benzene rings is 1. The van der Waals surface area contributed by atoms with Gasteiger partial charge in [0.1, 0.15) is 17.2 Å². The van der Waals surface area contributed by atoms with Crippen molar-refractivity contribution in [3.05, 3.63) is 35.4 Å². The van der Waals surface area contributed by atoms with Crippen molar-refractivity contribution in [2.24, 2.45) is 0 Å². The molecule has 8 heteroatoms. The molecule has 3 N–H and O–H groups in total. The Balaban J connectivity index is 0.000000338. The van der Waals surface area contributed by atoms with Gasteiger partial charge in [0.05, 0.1) is 5.56 Å². The number of nitrogens with one attached hydrogen (secondary N) is 2. The number of amides is 1. The standard InChI is InChI=1S/C19H27NO6.C12H23N/c1-18(2,3)25-16(23)13-9-7-12(8-10-13)11-14(15(21)22)20-17(24)26-19(4,5)6;1-3-7-11(8-4-1)13-12-9-5-2-6-10-12/h7-10,14H,11H2,1-6H3,(H,20,24)(H,21,22);11-13H,1-10H2. The first-order valence-corrected chi connectivity index (χ1v) is 14.5. The number of carboxylic acids is 1. The third-order valence-corrected chi connectivity index (χ3v) is 6.70. The minimum absolute atomic E-state index is 0.0587. The molecule has 2 aliphatic rings. The van der Waals surface area contributed by atoms with Crippen molar-refractivity contribution < 1.29 is 29.0 Å². The van der Waals surface area contributed by atoms with Gasteiger partial charge in [0, 0.05) is 18.5 Å². The van der Waals surface area contributed by atoms with Crippen LogP contribution in [0.3, 0.4) is 0 Å². The van der Waals surface area contributed by atoms with E-state index in [2.05, 4.69) is 10.6 Å². The highest BCUT2D eigenvalue weighted by atomic mass is 16.6. The third kappa shape index (κ3) is 13.8. The van der Waals surface area contributed by atoms with Crippen LogP contribution in [0.5, 0.6) is 0 Å². The Hall–Kier alpha value is -2.61. The number of ether oxygens (including phenoxy) is 2. The molecule has 0 saturated heterocycles. The van der Waals surface area contributed by atoms with Gasteiger partial charge in [0.2, 0.25) is 0 Å². The van der Waals surface area contributed by atoms with E-state index in [1.165, 1.54) is 64.2 Å². The molecule has 0 aliphatic heterocycles. The number of rotatable bonds is 7. The molecule has 39 heavy (non-hydrogen) atoms. The lowest BCUT2D eigenvalue weighted by atomic mass is 9.91. The molecule has 0 radical (unpaired) electrons. The van der Waals surface area contributed by atoms with E-state index in [1.54, 1.807) is 65.8 Å². The molecule has 0 heterocycles. The average molecular weight is 547 g/mol. The smallest absolute Gasteiger partial charge is 0.408 e. The average Bonchev–Trinajstić information content (AvgIpc) is 2.83. The predicted octanol–water partition coefficient (Wildman–Crippen LogP) is 6.40. The molecule has 3 rings (SSSR count). The fourth-order valence-corrected chi connectivity index (χ4v) is 4.87. The maximum atomic E-state index is 12.0. The van der Waals surface area contributed by atoms with Crippen LogP contribution in [0.2, 0.25) is 0 Å². The fourth-order valence-electron chi connectivity index (χ4n) is 4.87. The van der Waals surface area contributed by atoms with Gasteiger partial charge in [-0.1, -0.05) is 50.7 Å². The molecule has 2 saturated carbocycles. The number of esters is 1. The van der Waals surface area contributed by atoms with Crippen molar-refractivity contribution in [3.63, 3.8) is 0 Å². The van der Waals surface area contributed by atoms with Gasteiger partial charge in [-0.15, -0.1) is 0 Å². The van der Waals surface area contributed by atoms with E-state index < -0.39 is 35.3 Å². The lowest BCUT2D eigenvalue weighted by Gasteiger charge is -2.30. The quantitative estimate of drug-likeness (QED) is 0.339. The number of carbonyl (C=O) groups excluding carboxylic acids is 2. The molecule has 8 nitrogen and oxygen atoms in total. The number of aliphatic carboxylic acids is 1. The monoisotopic (exact) mass is 546 g/mol. The second-order valence-corrected chi connectivity index (χ2v) is 12.8. The summed E-state index contributed by atoms with van der Waals surface area (Å²) in [7, 11) is 0. The Morgan fingerprint density at radius 2 is 1.26 bits per heavy atom. The largest absolute Gasteiger partial charge is 0.480 e. The van der Waals surface area contributed by atoms with E-state index in [1.807, 2.05) is 0 Å². The number of alkyl carbamates (subject to hydrolysis) is 1. The Bertz CT molecular complexity index is 888. The molecule has 2 aliphatic carbocycles. The lowest BCUT2D eigenvalue weighted by molar-refractivity contribution is -0.139. The number of hydrogen-bond donors (Lipinski definition) is 3. The summed E-state index contributed by atoms with van der Waals surface area (Å²) in [6.45, 7) is 10.4. The zero-order valence-electron chi connectivity index (χ0n) is 24.8. The summed E-state index contributed by atoms with van der Waals surface area (Å²) in [5.41, 5.74) is -0.291. The molecule has 0 aromatic heterocycles. The summed E-state index contributed by atoms with van der Waals surface area (Å²) >= 11 is 0. The first kappa shape index (κ1) is 32.6. The normalized spacial score (nSPS) is 17.8. The second kappa shape index (κ2) is 15.2. The van der Waals surface area contributed by atoms with Crippen LogP contribution in [-0.2, 0) is 20.7 Å². The van der Waals surface area contributed by atoms with Gasteiger partial charge >= 0.3 is 18.0 Å². The fraction of sp³-hybridized carbons (Fsp3) is 0.710. The van der Waals surface area contributed by atoms with Crippen LogP contribution in [0.15, 0.2) is 24.3 Å². The van der Waals surface area contributed by atoms with Crippen LogP contribution < -0.4 is 10.6 Å². The van der Waals surface area contributed by atoms with Crippen molar-refractivity contribution in [1.82, 2.24) is 10.6 Å². The van der Waals surface area contributed by atoms with E-state index in [9.17, 15) is 19.5 Å². The number of carbonyl (C=O) groups is 3. The first-order chi connectivity index (χ1) is 18.2. The van der Waals surface area contributed by atoms with E-state index in [-0.39, 0.29) is 6.42 Å². The molecule has 0 bridgehead atoms. The summed E-state index contributed by atoms with van der Waals surface area (Å²) < 4.78 is 10.4. The van der Waals surface area contributed by atoms with Crippen molar-refractivity contribution in [1.29, 1.82) is 0 Å². The Labute approximate surface area is 234 Å². The van der Waals surface area contributed by atoms with Gasteiger partial charge in [-0.2, -0.15) is 0 Å². The van der Waals surface area contributed by atoms with E-state index >= 15 is 0 Å². The van der Waals surface area contributed by atoms with Crippen LogP contribution in [-0.4, -0.2) is 52.5 Å². The number of hydrogen-bond acceptors (Lipinski definition) is 6. The summed E-state index contributed by atoms with van der Waals surface area (Å²) in [6, 6.07) is 7.00. The topological polar surface area (TPSA) is 114 Å². The van der Waals surface area contributed by atoms with Gasteiger partial charge in [0.15, 0.2) is 0 Å². The molecule has 1 amide bonds. The van der Waals surface area contributed by atoms with Gasteiger partial charge in [-0.05, 0) is 84.9 Å². The maximum absolute atomic E-state index is 12.0. The second-order valence-electron chi connectivity index (χ2n) is 12.8. The van der Waals surface area contributed by atoms with Crippen molar-refractivity contribution in [3.8, 4) is 0 Å². The van der Waals surface area contributed by atoms with E-state index in [0.717, 1.165) is 12.1 Å². The Kier molecular flexibility index (Phi) is 12.7. The van der Waals surface area contributed by atoms with Crippen LogP contribution in [0.4, 0.5) is 4.79 Å². The third-order valence-electron chi connectivity index (χ3n) is 6.70. The molecule has 0 spiro atoms. The van der Waals surface area contributed by atoms with E-state index in [4.69, 9.17) is 9.47 Å². The summed E-state index contributed by atoms with van der Waals surface area (Å²) in [4.78, 5) is 35.2. The van der Waals surface area contributed by atoms with Gasteiger partial charge < -0.3 is 25.2 Å². The molecular weight excluding hydrogens is 496 g/mol. The van der Waals surface area contributed by atoms with Gasteiger partial charge in [-0.3, -0.25) is 0 Å². The molecule has 1 unspecified atom stereocenters. The van der Waals surface area contributed by atoms with E-state index in [0.29, 0.717) is 11.1 Å². The minimum atomic E-state index is -1.17. The zero-order chi connectivity index (χ0) is 29.1. The van der Waals surface area contributed by atoms with Gasteiger partial charge in [-0.25, -0.2) is 14.4 Å². The highest BCUT2D eigenvalue weighted by Crippen LogP contribution is 2.22.